The first-order chi connectivity index (χ1) is 21.0. The van der Waals surface area contributed by atoms with Crippen molar-refractivity contribution in [2.24, 2.45) is 0 Å². The van der Waals surface area contributed by atoms with Crippen LogP contribution in [0.3, 0.4) is 0 Å². The lowest BCUT2D eigenvalue weighted by Crippen LogP contribution is -2.45. The second-order valence-corrected chi connectivity index (χ2v) is 23.3. The van der Waals surface area contributed by atoms with Gasteiger partial charge in [-0.2, -0.15) is 0 Å². The summed E-state index contributed by atoms with van der Waals surface area (Å²) in [6.07, 6.45) is 12.7. The quantitative estimate of drug-likeness (QED) is 0.0404. The van der Waals surface area contributed by atoms with Crippen molar-refractivity contribution in [3.05, 3.63) is 75.9 Å². The van der Waals surface area contributed by atoms with Crippen molar-refractivity contribution in [2.45, 2.75) is 63.6 Å². The van der Waals surface area contributed by atoms with Crippen LogP contribution in [0.2, 0.25) is 44.3 Å². The van der Waals surface area contributed by atoms with Crippen LogP contribution in [0.1, 0.15) is 19.3 Å². The Morgan fingerprint density at radius 1 is 0.364 bits per heavy atom. The van der Waals surface area contributed by atoms with E-state index in [0.29, 0.717) is 59.5 Å². The topological polar surface area (TPSA) is 83.1 Å². The van der Waals surface area contributed by atoms with Crippen molar-refractivity contribution in [3.63, 3.8) is 0 Å². The molecule has 254 valence electrons. The molecule has 0 aromatic carbocycles. The maximum absolute atomic E-state index is 6.37. The van der Waals surface area contributed by atoms with Crippen LogP contribution < -0.4 is 0 Å². The first-order valence-electron chi connectivity index (χ1n) is 15.4. The van der Waals surface area contributed by atoms with E-state index in [-0.39, 0.29) is 0 Å². The van der Waals surface area contributed by atoms with E-state index in [9.17, 15) is 0 Å². The Balaban J connectivity index is 5.31. The Kier molecular flexibility index (Phi) is 24.5. The summed E-state index contributed by atoms with van der Waals surface area (Å²) >= 11 is 0. The Morgan fingerprint density at radius 3 is 0.750 bits per heavy atom. The van der Waals surface area contributed by atoms with E-state index in [1.54, 1.807) is 36.5 Å². The van der Waals surface area contributed by atoms with E-state index < -0.39 is 34.5 Å². The molecule has 0 heterocycles. The van der Waals surface area contributed by atoms with Gasteiger partial charge in [-0.15, -0.1) is 39.5 Å². The second-order valence-electron chi connectivity index (χ2n) is 10.7. The van der Waals surface area contributed by atoms with Gasteiger partial charge in [0.25, 0.3) is 0 Å². The van der Waals surface area contributed by atoms with Gasteiger partial charge in [-0.25, -0.2) is 0 Å². The highest BCUT2D eigenvalue weighted by atomic mass is 28.4. The van der Waals surface area contributed by atoms with Gasteiger partial charge >= 0.3 is 34.5 Å². The summed E-state index contributed by atoms with van der Waals surface area (Å²) in [5.41, 5.74) is 0. The summed E-state index contributed by atoms with van der Waals surface area (Å²) in [5, 5.41) is 0. The third-order valence-corrected chi connectivity index (χ3v) is 17.1. The van der Waals surface area contributed by atoms with Crippen molar-refractivity contribution in [2.75, 3.05) is 59.5 Å². The van der Waals surface area contributed by atoms with Gasteiger partial charge in [-0.1, -0.05) is 36.5 Å². The van der Waals surface area contributed by atoms with Crippen molar-refractivity contribution in [1.29, 1.82) is 0 Å². The predicted octanol–water partition coefficient (Wildman–Crippen LogP) is 7.21. The molecule has 0 N–H and O–H groups in total. The third kappa shape index (κ3) is 20.9. The minimum Gasteiger partial charge on any atom is -0.390 e. The molecule has 0 aliphatic carbocycles. The molecule has 0 rings (SSSR count). The molecule has 0 aromatic rings. The molecule has 0 amide bonds. The average molecular weight is 689 g/mol. The number of rotatable bonds is 33. The van der Waals surface area contributed by atoms with Crippen LogP contribution in [0, 0.1) is 0 Å². The van der Waals surface area contributed by atoms with Crippen LogP contribution in [0.15, 0.2) is 75.9 Å². The summed E-state index contributed by atoms with van der Waals surface area (Å²) in [7, 11) is -10.2. The molecule has 44 heavy (non-hydrogen) atoms. The van der Waals surface area contributed by atoms with Gasteiger partial charge in [0, 0.05) is 26.4 Å². The van der Waals surface area contributed by atoms with E-state index in [4.69, 9.17) is 39.8 Å². The largest absolute Gasteiger partial charge is 0.497 e. The summed E-state index contributed by atoms with van der Waals surface area (Å²) in [6, 6.07) is 2.28. The standard InChI is InChI=1S/C31H60O9Si4/c1-11-20-32-41(7,33-21-12-2)29-17-26-38-44(10,39-27-18-30-42(8,34-22-13-3)35-23-14-4)40-28-19-31-43(9,36-24-15-5)37-25-16-6/h11-16H,1-6,17-31H2,7-10H3. The van der Waals surface area contributed by atoms with E-state index in [1.807, 2.05) is 6.55 Å². The maximum atomic E-state index is 6.37. The zero-order valence-corrected chi connectivity index (χ0v) is 32.0. The van der Waals surface area contributed by atoms with E-state index >= 15 is 0 Å². The van der Waals surface area contributed by atoms with Gasteiger partial charge in [0.15, 0.2) is 0 Å². The van der Waals surface area contributed by atoms with Gasteiger partial charge < -0.3 is 39.8 Å². The minimum atomic E-state index is -2.99. The molecule has 13 heteroatoms. The van der Waals surface area contributed by atoms with Crippen LogP contribution >= 0.6 is 0 Å². The van der Waals surface area contributed by atoms with E-state index in [1.165, 1.54) is 0 Å². The zero-order valence-electron chi connectivity index (χ0n) is 28.0. The van der Waals surface area contributed by atoms with Gasteiger partial charge in [0.05, 0.1) is 39.6 Å². The lowest BCUT2D eigenvalue weighted by atomic mass is 10.5. The predicted molar refractivity (Wildman–Crippen MR) is 189 cm³/mol. The third-order valence-electron chi connectivity index (χ3n) is 6.46. The van der Waals surface area contributed by atoms with Crippen molar-refractivity contribution in [3.8, 4) is 0 Å². The van der Waals surface area contributed by atoms with Crippen LogP contribution in [0.25, 0.3) is 0 Å². The molecule has 0 saturated heterocycles. The molecule has 0 radical (unpaired) electrons. The highest BCUT2D eigenvalue weighted by Crippen LogP contribution is 2.22. The lowest BCUT2D eigenvalue weighted by Gasteiger charge is -2.30. The monoisotopic (exact) mass is 688 g/mol. The summed E-state index contributed by atoms with van der Waals surface area (Å²) in [5.74, 6) is 0. The number of hydrogen-bond donors (Lipinski definition) is 0. The molecule has 9 nitrogen and oxygen atoms in total. The first kappa shape index (κ1) is 42.9. The first-order valence-corrected chi connectivity index (χ1v) is 25.2. The van der Waals surface area contributed by atoms with Gasteiger partial charge in [-0.05, 0) is 57.0 Å². The molecule has 0 aliphatic rings. The summed E-state index contributed by atoms with van der Waals surface area (Å²) in [4.78, 5) is 0. The molecule has 0 atom stereocenters. The lowest BCUT2D eigenvalue weighted by molar-refractivity contribution is 0.0634. The second kappa shape index (κ2) is 25.1. The van der Waals surface area contributed by atoms with Crippen molar-refractivity contribution >= 4 is 34.5 Å². The van der Waals surface area contributed by atoms with Gasteiger partial charge in [-0.3, -0.25) is 0 Å². The van der Waals surface area contributed by atoms with Crippen molar-refractivity contribution < 1.29 is 39.8 Å². The molecule has 0 unspecified atom stereocenters. The fourth-order valence-corrected chi connectivity index (χ4v) is 12.1. The number of hydrogen-bond acceptors (Lipinski definition) is 9. The molecule has 0 fully saturated rings. The molecule has 0 spiro atoms. The fraction of sp³-hybridized carbons (Fsp3) is 0.613. The Hall–Kier alpha value is -1.05. The molecule has 0 aliphatic heterocycles. The molecule has 0 saturated carbocycles. The fourth-order valence-electron chi connectivity index (χ4n) is 4.05. The van der Waals surface area contributed by atoms with Crippen LogP contribution in [-0.2, 0) is 39.8 Å². The molecular formula is C31H60O9Si4. The van der Waals surface area contributed by atoms with Crippen molar-refractivity contribution in [1.82, 2.24) is 0 Å². The van der Waals surface area contributed by atoms with E-state index in [0.717, 1.165) is 37.4 Å². The van der Waals surface area contributed by atoms with Crippen LogP contribution in [-0.4, -0.2) is 93.9 Å². The van der Waals surface area contributed by atoms with Gasteiger partial charge in [0.1, 0.15) is 0 Å². The SMILES string of the molecule is C=CCO[Si](C)(CCCO[Si](C)(OCCC[Si](C)(OCC=C)OCC=C)OCCC[Si](C)(OCC=C)OCC=C)OCC=C. The summed E-state index contributed by atoms with van der Waals surface area (Å²) < 4.78 is 55.3. The normalized spacial score (nSPS) is 12.5. The van der Waals surface area contributed by atoms with Crippen LogP contribution in [0.5, 0.6) is 0 Å². The van der Waals surface area contributed by atoms with E-state index in [2.05, 4.69) is 59.1 Å². The Bertz CT molecular complexity index is 689. The molecular weight excluding hydrogens is 629 g/mol. The maximum Gasteiger partial charge on any atom is 0.497 e. The summed E-state index contributed by atoms with van der Waals surface area (Å²) in [6.45, 7) is 34.7. The minimum absolute atomic E-state index is 0.448. The average Bonchev–Trinajstić information content (AvgIpc) is 3.02. The highest BCUT2D eigenvalue weighted by Gasteiger charge is 2.38. The molecule has 0 bridgehead atoms. The van der Waals surface area contributed by atoms with Gasteiger partial charge in [0.2, 0.25) is 0 Å². The highest BCUT2D eigenvalue weighted by molar-refractivity contribution is 6.66. The Labute approximate surface area is 272 Å². The van der Waals surface area contributed by atoms with Crippen LogP contribution in [0.4, 0.5) is 0 Å². The smallest absolute Gasteiger partial charge is 0.390 e. The Morgan fingerprint density at radius 2 is 0.568 bits per heavy atom. The zero-order chi connectivity index (χ0) is 33.2. The molecule has 0 aromatic heterocycles.